The van der Waals surface area contributed by atoms with Gasteiger partial charge in [0.05, 0.1) is 5.70 Å². The first-order valence-electron chi connectivity index (χ1n) is 4.01. The van der Waals surface area contributed by atoms with Crippen molar-refractivity contribution in [3.8, 4) is 0 Å². The van der Waals surface area contributed by atoms with E-state index in [1.165, 1.54) is 0 Å². The molecule has 0 amide bonds. The highest BCUT2D eigenvalue weighted by Crippen LogP contribution is 2.28. The summed E-state index contributed by atoms with van der Waals surface area (Å²) in [6.45, 7) is 0. The molecule has 12 heavy (non-hydrogen) atoms. The molecule has 0 fully saturated rings. The van der Waals surface area contributed by atoms with Crippen LogP contribution in [0.1, 0.15) is 0 Å². The second-order valence-electron chi connectivity index (χ2n) is 3.10. The van der Waals surface area contributed by atoms with E-state index in [-0.39, 0.29) is 11.7 Å². The Morgan fingerprint density at radius 2 is 1.67 bits per heavy atom. The molecule has 2 unspecified atom stereocenters. The molecule has 0 aromatic rings. The van der Waals surface area contributed by atoms with Crippen molar-refractivity contribution in [1.29, 1.82) is 0 Å². The largest absolute Gasteiger partial charge is 0.506 e. The van der Waals surface area contributed by atoms with Crippen LogP contribution in [-0.4, -0.2) is 5.11 Å². The van der Waals surface area contributed by atoms with E-state index in [1.54, 1.807) is 6.08 Å². The normalized spacial score (nSPS) is 32.3. The lowest BCUT2D eigenvalue weighted by atomic mass is 9.84. The lowest BCUT2D eigenvalue weighted by Gasteiger charge is -2.23. The zero-order valence-electron chi connectivity index (χ0n) is 6.64. The zero-order valence-corrected chi connectivity index (χ0v) is 6.64. The van der Waals surface area contributed by atoms with Gasteiger partial charge in [-0.25, -0.2) is 0 Å². The van der Waals surface area contributed by atoms with Gasteiger partial charge in [0.2, 0.25) is 0 Å². The third kappa shape index (κ3) is 1.05. The summed E-state index contributed by atoms with van der Waals surface area (Å²) in [7, 11) is 0. The smallest absolute Gasteiger partial charge is 0.134 e. The number of allylic oxidation sites excluding steroid dienone is 6. The third-order valence-corrected chi connectivity index (χ3v) is 2.24. The van der Waals surface area contributed by atoms with Gasteiger partial charge in [-0.05, 0) is 12.2 Å². The molecule has 0 saturated carbocycles. The van der Waals surface area contributed by atoms with Gasteiger partial charge in [0, 0.05) is 11.8 Å². The van der Waals surface area contributed by atoms with E-state index in [2.05, 4.69) is 12.2 Å². The average Bonchev–Trinajstić information content (AvgIpc) is 2.07. The lowest BCUT2D eigenvalue weighted by Crippen LogP contribution is -2.17. The molecule has 0 aromatic carbocycles. The van der Waals surface area contributed by atoms with E-state index < -0.39 is 0 Å². The van der Waals surface area contributed by atoms with E-state index in [0.717, 1.165) is 0 Å². The van der Waals surface area contributed by atoms with Gasteiger partial charge in [0.15, 0.2) is 0 Å². The molecular weight excluding hydrogens is 150 g/mol. The Labute approximate surface area is 71.4 Å². The Morgan fingerprint density at radius 3 is 2.33 bits per heavy atom. The highest BCUT2D eigenvalue weighted by Gasteiger charge is 2.20. The van der Waals surface area contributed by atoms with E-state index in [4.69, 9.17) is 5.73 Å². The Hall–Kier alpha value is -1.44. The van der Waals surface area contributed by atoms with Crippen molar-refractivity contribution in [3.05, 3.63) is 47.9 Å². The molecule has 0 radical (unpaired) electrons. The highest BCUT2D eigenvalue weighted by molar-refractivity contribution is 5.35. The first kappa shape index (κ1) is 7.22. The van der Waals surface area contributed by atoms with Crippen LogP contribution < -0.4 is 5.73 Å². The van der Waals surface area contributed by atoms with Crippen LogP contribution in [0.15, 0.2) is 47.9 Å². The molecule has 2 nitrogen and oxygen atoms in total. The van der Waals surface area contributed by atoms with Crippen LogP contribution >= 0.6 is 0 Å². The van der Waals surface area contributed by atoms with Crippen molar-refractivity contribution >= 4 is 0 Å². The molecule has 0 aromatic heterocycles. The molecule has 0 saturated heterocycles. The number of hydrogen-bond acceptors (Lipinski definition) is 2. The number of nitrogens with two attached hydrogens (primary N) is 1. The van der Waals surface area contributed by atoms with Crippen LogP contribution in [0.3, 0.4) is 0 Å². The predicted octanol–water partition coefficient (Wildman–Crippen LogP) is 1.64. The van der Waals surface area contributed by atoms with Crippen molar-refractivity contribution in [1.82, 2.24) is 0 Å². The maximum atomic E-state index is 9.33. The summed E-state index contributed by atoms with van der Waals surface area (Å²) in [6.07, 6.45) is 11.8. The fourth-order valence-corrected chi connectivity index (χ4v) is 1.55. The van der Waals surface area contributed by atoms with Gasteiger partial charge >= 0.3 is 0 Å². The molecule has 2 rings (SSSR count). The lowest BCUT2D eigenvalue weighted by molar-refractivity contribution is 0.404. The third-order valence-electron chi connectivity index (χ3n) is 2.24. The molecule has 0 bridgehead atoms. The minimum absolute atomic E-state index is 0.205. The molecule has 2 heteroatoms. The average molecular weight is 161 g/mol. The second kappa shape index (κ2) is 2.55. The molecule has 0 aliphatic heterocycles. The van der Waals surface area contributed by atoms with Gasteiger partial charge in [0.1, 0.15) is 5.76 Å². The van der Waals surface area contributed by atoms with Crippen molar-refractivity contribution in [2.45, 2.75) is 0 Å². The molecule has 2 atom stereocenters. The summed E-state index contributed by atoms with van der Waals surface area (Å²) in [5.41, 5.74) is 6.05. The molecular formula is C10H11NO. The van der Waals surface area contributed by atoms with Crippen LogP contribution in [0.25, 0.3) is 0 Å². The second-order valence-corrected chi connectivity index (χ2v) is 3.10. The maximum Gasteiger partial charge on any atom is 0.134 e. The van der Waals surface area contributed by atoms with E-state index in [1.807, 2.05) is 18.2 Å². The summed E-state index contributed by atoms with van der Waals surface area (Å²) in [5.74, 6) is 0.810. The van der Waals surface area contributed by atoms with Crippen LogP contribution in [0.2, 0.25) is 0 Å². The molecule has 0 spiro atoms. The summed E-state index contributed by atoms with van der Waals surface area (Å²) < 4.78 is 0. The SMILES string of the molecule is NC1=CC2C=CC=CC2C=C1O. The predicted molar refractivity (Wildman–Crippen MR) is 48.2 cm³/mol. The number of rotatable bonds is 0. The minimum Gasteiger partial charge on any atom is -0.506 e. The van der Waals surface area contributed by atoms with Crippen molar-refractivity contribution in [2.75, 3.05) is 0 Å². The Kier molecular flexibility index (Phi) is 1.54. The molecule has 62 valence electrons. The Morgan fingerprint density at radius 1 is 1.08 bits per heavy atom. The number of aliphatic hydroxyl groups is 1. The van der Waals surface area contributed by atoms with Gasteiger partial charge in [0.25, 0.3) is 0 Å². The van der Waals surface area contributed by atoms with Crippen LogP contribution in [0.4, 0.5) is 0 Å². The Balaban J connectivity index is 2.33. The first-order chi connectivity index (χ1) is 5.77. The van der Waals surface area contributed by atoms with E-state index in [9.17, 15) is 5.11 Å². The monoisotopic (exact) mass is 161 g/mol. The quantitative estimate of drug-likeness (QED) is 0.567. The fraction of sp³-hybridized carbons (Fsp3) is 0.200. The summed E-state index contributed by atoms with van der Waals surface area (Å²) in [4.78, 5) is 0. The van der Waals surface area contributed by atoms with Crippen LogP contribution in [-0.2, 0) is 0 Å². The van der Waals surface area contributed by atoms with E-state index >= 15 is 0 Å². The molecule has 2 aliphatic carbocycles. The molecule has 3 N–H and O–H groups in total. The van der Waals surface area contributed by atoms with Gasteiger partial charge < -0.3 is 10.8 Å². The fourth-order valence-electron chi connectivity index (χ4n) is 1.55. The van der Waals surface area contributed by atoms with Crippen molar-refractivity contribution in [2.24, 2.45) is 17.6 Å². The highest BCUT2D eigenvalue weighted by atomic mass is 16.3. The minimum atomic E-state index is 0.205. The van der Waals surface area contributed by atoms with Crippen LogP contribution in [0.5, 0.6) is 0 Å². The van der Waals surface area contributed by atoms with Gasteiger partial charge in [-0.2, -0.15) is 0 Å². The standard InChI is InChI=1S/C10H11NO/c11-9-5-7-3-1-2-4-8(7)6-10(9)12/h1-8,12H,11H2. The molecule has 0 heterocycles. The van der Waals surface area contributed by atoms with E-state index in [0.29, 0.717) is 11.6 Å². The Bertz CT molecular complexity index is 278. The van der Waals surface area contributed by atoms with Gasteiger partial charge in [-0.3, -0.25) is 0 Å². The number of fused-ring (bicyclic) bond motifs is 1. The first-order valence-corrected chi connectivity index (χ1v) is 4.01. The number of aliphatic hydroxyl groups excluding tert-OH is 1. The summed E-state index contributed by atoms with van der Waals surface area (Å²) in [6, 6.07) is 0. The zero-order chi connectivity index (χ0) is 8.55. The maximum absolute atomic E-state index is 9.33. The van der Waals surface area contributed by atoms with Crippen molar-refractivity contribution < 1.29 is 5.11 Å². The topological polar surface area (TPSA) is 46.2 Å². The van der Waals surface area contributed by atoms with Gasteiger partial charge in [-0.15, -0.1) is 0 Å². The summed E-state index contributed by atoms with van der Waals surface area (Å²) >= 11 is 0. The van der Waals surface area contributed by atoms with Crippen LogP contribution in [0, 0.1) is 11.8 Å². The van der Waals surface area contributed by atoms with Gasteiger partial charge in [-0.1, -0.05) is 24.3 Å². The van der Waals surface area contributed by atoms with Crippen molar-refractivity contribution in [3.63, 3.8) is 0 Å². The summed E-state index contributed by atoms with van der Waals surface area (Å²) in [5, 5.41) is 9.33. The number of hydrogen-bond donors (Lipinski definition) is 2. The molecule has 2 aliphatic rings.